The number of benzene rings is 1. The van der Waals surface area contributed by atoms with Crippen LogP contribution in [0.1, 0.15) is 43.5 Å². The third-order valence-electron chi connectivity index (χ3n) is 5.34. The van der Waals surface area contributed by atoms with Gasteiger partial charge in [-0.05, 0) is 68.1 Å². The number of pyridine rings is 1. The summed E-state index contributed by atoms with van der Waals surface area (Å²) in [6, 6.07) is 7.94. The second-order valence-electron chi connectivity index (χ2n) is 7.72. The quantitative estimate of drug-likeness (QED) is 0.382. The first-order chi connectivity index (χ1) is 15.4. The van der Waals surface area contributed by atoms with Crippen molar-refractivity contribution in [3.63, 3.8) is 0 Å². The van der Waals surface area contributed by atoms with Crippen molar-refractivity contribution < 1.29 is 9.53 Å². The molecule has 8 heteroatoms. The fourth-order valence-electron chi connectivity index (χ4n) is 4.11. The number of aryl methyl sites for hydroxylation is 2. The highest BCUT2D eigenvalue weighted by Crippen LogP contribution is 2.29. The van der Waals surface area contributed by atoms with E-state index in [0.29, 0.717) is 36.4 Å². The number of ether oxygens (including phenoxy) is 1. The molecule has 0 aliphatic carbocycles. The van der Waals surface area contributed by atoms with Gasteiger partial charge in [-0.3, -0.25) is 9.36 Å². The lowest BCUT2D eigenvalue weighted by Crippen LogP contribution is -2.25. The molecule has 32 heavy (non-hydrogen) atoms. The lowest BCUT2D eigenvalue weighted by Gasteiger charge is -2.08. The molecular weight excluding hydrogens is 424 g/mol. The zero-order valence-electron chi connectivity index (χ0n) is 18.7. The van der Waals surface area contributed by atoms with Crippen LogP contribution in [0.2, 0.25) is 0 Å². The van der Waals surface area contributed by atoms with Crippen LogP contribution in [-0.4, -0.2) is 31.1 Å². The van der Waals surface area contributed by atoms with Crippen molar-refractivity contribution in [3.05, 3.63) is 63.8 Å². The molecule has 0 aliphatic rings. The van der Waals surface area contributed by atoms with E-state index in [4.69, 9.17) is 4.74 Å². The average molecular weight is 451 g/mol. The molecule has 7 nitrogen and oxygen atoms in total. The van der Waals surface area contributed by atoms with E-state index in [0.717, 1.165) is 21.3 Å². The zero-order valence-corrected chi connectivity index (χ0v) is 19.5. The van der Waals surface area contributed by atoms with Gasteiger partial charge in [-0.1, -0.05) is 19.1 Å². The molecule has 0 saturated carbocycles. The Hall–Kier alpha value is -3.26. The van der Waals surface area contributed by atoms with Crippen molar-refractivity contribution in [2.45, 2.75) is 47.1 Å². The van der Waals surface area contributed by atoms with E-state index < -0.39 is 0 Å². The highest BCUT2D eigenvalue weighted by atomic mass is 32.1. The summed E-state index contributed by atoms with van der Waals surface area (Å²) in [5.74, 6) is -0.368. The lowest BCUT2D eigenvalue weighted by molar-refractivity contribution is -0.141. The minimum Gasteiger partial charge on any atom is -0.466 e. The molecule has 0 aliphatic heterocycles. The van der Waals surface area contributed by atoms with Crippen LogP contribution in [0.15, 0.2) is 41.3 Å². The predicted molar refractivity (Wildman–Crippen MR) is 128 cm³/mol. The summed E-state index contributed by atoms with van der Waals surface area (Å²) in [6.07, 6.45) is 4.22. The molecule has 4 rings (SSSR count). The first-order valence-electron chi connectivity index (χ1n) is 10.7. The molecule has 0 amide bonds. The topological polar surface area (TPSA) is 79.0 Å². The minimum absolute atomic E-state index is 0.00922. The van der Waals surface area contributed by atoms with E-state index >= 15 is 0 Å². The Morgan fingerprint density at radius 1 is 1.25 bits per heavy atom. The number of carbonyl (C=O) groups is 1. The monoisotopic (exact) mass is 450 g/mol. The number of imidazole rings is 1. The Labute approximate surface area is 190 Å². The zero-order chi connectivity index (χ0) is 22.8. The molecule has 0 atom stereocenters. The molecule has 0 spiro atoms. The van der Waals surface area contributed by atoms with E-state index in [2.05, 4.69) is 35.3 Å². The summed E-state index contributed by atoms with van der Waals surface area (Å²) in [5, 5.41) is 1.09. The Morgan fingerprint density at radius 3 is 2.81 bits per heavy atom. The summed E-state index contributed by atoms with van der Waals surface area (Å²) >= 11 is 1.45. The van der Waals surface area contributed by atoms with Gasteiger partial charge in [-0.25, -0.2) is 14.3 Å². The van der Waals surface area contributed by atoms with E-state index in [1.807, 2.05) is 25.1 Å². The highest BCUT2D eigenvalue weighted by molar-refractivity contribution is 7.13. The molecule has 0 fully saturated rings. The van der Waals surface area contributed by atoms with E-state index in [9.17, 15) is 9.59 Å². The summed E-state index contributed by atoms with van der Waals surface area (Å²) in [7, 11) is 0. The molecule has 0 unspecified atom stereocenters. The van der Waals surface area contributed by atoms with Crippen LogP contribution in [0.5, 0.6) is 0 Å². The van der Waals surface area contributed by atoms with E-state index in [-0.39, 0.29) is 18.1 Å². The van der Waals surface area contributed by atoms with Gasteiger partial charge in [0.25, 0.3) is 0 Å². The van der Waals surface area contributed by atoms with Gasteiger partial charge in [0, 0.05) is 17.3 Å². The molecular formula is C24H26N4O3S. The van der Waals surface area contributed by atoms with Crippen molar-refractivity contribution in [2.75, 3.05) is 6.61 Å². The largest absolute Gasteiger partial charge is 0.466 e. The number of aromatic nitrogens is 4. The van der Waals surface area contributed by atoms with Gasteiger partial charge in [-0.2, -0.15) is 4.37 Å². The molecule has 4 aromatic rings. The van der Waals surface area contributed by atoms with Crippen LogP contribution < -0.4 is 5.69 Å². The fourth-order valence-corrected chi connectivity index (χ4v) is 5.08. The maximum absolute atomic E-state index is 13.6. The van der Waals surface area contributed by atoms with Gasteiger partial charge in [0.2, 0.25) is 0 Å². The lowest BCUT2D eigenvalue weighted by atomic mass is 10.1. The third kappa shape index (κ3) is 3.98. The van der Waals surface area contributed by atoms with Crippen LogP contribution in [0, 0.1) is 13.8 Å². The summed E-state index contributed by atoms with van der Waals surface area (Å²) in [6.45, 7) is 8.50. The van der Waals surface area contributed by atoms with Crippen LogP contribution in [0.25, 0.3) is 26.9 Å². The Morgan fingerprint density at radius 2 is 2.06 bits per heavy atom. The molecule has 0 saturated heterocycles. The summed E-state index contributed by atoms with van der Waals surface area (Å²) < 4.78 is 14.1. The average Bonchev–Trinajstić information content (AvgIpc) is 3.27. The highest BCUT2D eigenvalue weighted by Gasteiger charge is 2.21. The van der Waals surface area contributed by atoms with Crippen LogP contribution in [0.4, 0.5) is 0 Å². The third-order valence-corrected chi connectivity index (χ3v) is 6.17. The number of allylic oxidation sites excluding steroid dienone is 1. The van der Waals surface area contributed by atoms with Crippen LogP contribution >= 0.6 is 11.5 Å². The van der Waals surface area contributed by atoms with Crippen molar-refractivity contribution in [2.24, 2.45) is 0 Å². The van der Waals surface area contributed by atoms with Crippen molar-refractivity contribution in [1.82, 2.24) is 18.5 Å². The minimum atomic E-state index is -0.368. The van der Waals surface area contributed by atoms with Gasteiger partial charge >= 0.3 is 11.7 Å². The molecule has 1 aromatic carbocycles. The van der Waals surface area contributed by atoms with Gasteiger partial charge < -0.3 is 4.74 Å². The van der Waals surface area contributed by atoms with Gasteiger partial charge in [0.05, 0.1) is 35.5 Å². The first-order valence-corrected chi connectivity index (χ1v) is 11.5. The number of fused-ring (bicyclic) bond motifs is 2. The number of hydrogen-bond acceptors (Lipinski definition) is 6. The maximum Gasteiger partial charge on any atom is 0.335 e. The Kier molecular flexibility index (Phi) is 6.23. The second kappa shape index (κ2) is 9.08. The molecule has 3 aromatic heterocycles. The molecule has 0 radical (unpaired) electrons. The fraction of sp³-hybridized carbons (Fsp3) is 0.333. The van der Waals surface area contributed by atoms with Crippen molar-refractivity contribution in [1.29, 1.82) is 0 Å². The van der Waals surface area contributed by atoms with E-state index in [1.165, 1.54) is 21.7 Å². The van der Waals surface area contributed by atoms with Crippen LogP contribution in [0.3, 0.4) is 0 Å². The number of esters is 1. The maximum atomic E-state index is 13.6. The smallest absolute Gasteiger partial charge is 0.335 e. The number of hydrogen-bond donors (Lipinski definition) is 0. The Bertz CT molecular complexity index is 1390. The summed E-state index contributed by atoms with van der Waals surface area (Å²) in [5.41, 5.74) is 4.76. The Balaban J connectivity index is 1.86. The van der Waals surface area contributed by atoms with Gasteiger partial charge in [-0.15, -0.1) is 0 Å². The number of carbonyl (C=O) groups excluding carboxylic acids is 1. The predicted octanol–water partition coefficient (Wildman–Crippen LogP) is 4.68. The number of nitrogens with zero attached hydrogens (tertiary/aromatic N) is 4. The second-order valence-corrected chi connectivity index (χ2v) is 8.52. The summed E-state index contributed by atoms with van der Waals surface area (Å²) in [4.78, 5) is 30.3. The van der Waals surface area contributed by atoms with Crippen LogP contribution in [-0.2, 0) is 16.1 Å². The molecule has 0 bridgehead atoms. The first kappa shape index (κ1) is 22.0. The van der Waals surface area contributed by atoms with Crippen molar-refractivity contribution in [3.8, 4) is 0 Å². The van der Waals surface area contributed by atoms with Gasteiger partial charge in [0.15, 0.2) is 5.65 Å². The normalized spacial score (nSPS) is 12.1. The van der Waals surface area contributed by atoms with Gasteiger partial charge in [0.1, 0.15) is 0 Å². The standard InChI is InChI=1S/C24H26N4O3S/c1-5-8-17(13-21(29)31-6-2)28-23-19(9-7-10-25-23)27(24(28)30)14-18-22-16(4)11-15(3)12-20(22)32-26-18/h7-12H,5-6,13-14H2,1-4H3/b17-8+. The van der Waals surface area contributed by atoms with E-state index in [1.54, 1.807) is 17.7 Å². The molecule has 3 heterocycles. The van der Waals surface area contributed by atoms with Crippen molar-refractivity contribution >= 4 is 44.4 Å². The SMILES string of the molecule is CC/C=C(\CC(=O)OCC)n1c(=O)n(Cc2nsc3cc(C)cc(C)c23)c2cccnc21. The number of rotatable bonds is 7. The molecule has 0 N–H and O–H groups in total. The molecule has 166 valence electrons.